The van der Waals surface area contributed by atoms with E-state index < -0.39 is 17.6 Å². The number of hydrogen-bond donors (Lipinski definition) is 1. The summed E-state index contributed by atoms with van der Waals surface area (Å²) in [6.45, 7) is 7.46. The summed E-state index contributed by atoms with van der Waals surface area (Å²) in [5.74, 6) is -0.806. The number of rotatable bonds is 4. The van der Waals surface area contributed by atoms with Gasteiger partial charge in [0.05, 0.1) is 5.56 Å². The predicted octanol–water partition coefficient (Wildman–Crippen LogP) is 4.68. The van der Waals surface area contributed by atoms with Crippen LogP contribution in [0.1, 0.15) is 37.4 Å². The highest BCUT2D eigenvalue weighted by molar-refractivity contribution is 5.85. The fourth-order valence-corrected chi connectivity index (χ4v) is 2.90. The van der Waals surface area contributed by atoms with Gasteiger partial charge in [0.15, 0.2) is 0 Å². The summed E-state index contributed by atoms with van der Waals surface area (Å²) in [4.78, 5) is 2.22. The van der Waals surface area contributed by atoms with Gasteiger partial charge in [0.2, 0.25) is 0 Å². The molecule has 0 aromatic heterocycles. The summed E-state index contributed by atoms with van der Waals surface area (Å²) in [6.07, 6.45) is -3.85. The van der Waals surface area contributed by atoms with Crippen molar-refractivity contribution in [2.75, 3.05) is 26.2 Å². The number of nitrogens with zero attached hydrogens (tertiary/aromatic N) is 1. The lowest BCUT2D eigenvalue weighted by Crippen LogP contribution is -2.45. The molecule has 1 aliphatic rings. The zero-order valence-corrected chi connectivity index (χ0v) is 15.3. The van der Waals surface area contributed by atoms with Crippen molar-refractivity contribution < 1.29 is 17.6 Å². The smallest absolute Gasteiger partial charge is 0.314 e. The first kappa shape index (κ1) is 23.4. The first-order valence-corrected chi connectivity index (χ1v) is 7.60. The third-order valence-corrected chi connectivity index (χ3v) is 3.97. The average Bonchev–Trinajstić information content (AvgIpc) is 2.44. The second kappa shape index (κ2) is 9.80. The van der Waals surface area contributed by atoms with E-state index in [2.05, 4.69) is 24.1 Å². The van der Waals surface area contributed by atoms with E-state index >= 15 is 0 Å². The SMILES string of the molecule is CC(C)C[C@@H](c1ccc(C(F)(F)F)c(F)c1)N1CCNCC1.Cl.Cl. The Bertz CT molecular complexity index is 503. The van der Waals surface area contributed by atoms with Crippen molar-refractivity contribution in [1.82, 2.24) is 10.2 Å². The molecule has 0 radical (unpaired) electrons. The Morgan fingerprint density at radius 1 is 1.12 bits per heavy atom. The molecule has 1 N–H and O–H groups in total. The molecular formula is C16H24Cl2F4N2. The second-order valence-electron chi connectivity index (χ2n) is 6.17. The summed E-state index contributed by atoms with van der Waals surface area (Å²) in [5.41, 5.74) is -0.569. The summed E-state index contributed by atoms with van der Waals surface area (Å²) in [5, 5.41) is 3.25. The van der Waals surface area contributed by atoms with Gasteiger partial charge in [-0.05, 0) is 30.0 Å². The molecule has 0 bridgehead atoms. The molecule has 8 heteroatoms. The van der Waals surface area contributed by atoms with Crippen molar-refractivity contribution in [2.24, 2.45) is 5.92 Å². The molecule has 0 spiro atoms. The van der Waals surface area contributed by atoms with Crippen LogP contribution in [0.15, 0.2) is 18.2 Å². The fraction of sp³-hybridized carbons (Fsp3) is 0.625. The quantitative estimate of drug-likeness (QED) is 0.750. The Morgan fingerprint density at radius 2 is 1.71 bits per heavy atom. The third-order valence-electron chi connectivity index (χ3n) is 3.97. The van der Waals surface area contributed by atoms with E-state index in [1.165, 1.54) is 6.07 Å². The molecule has 0 amide bonds. The molecule has 24 heavy (non-hydrogen) atoms. The van der Waals surface area contributed by atoms with Gasteiger partial charge in [0, 0.05) is 32.2 Å². The molecule has 0 saturated carbocycles. The van der Waals surface area contributed by atoms with Crippen molar-refractivity contribution in [3.05, 3.63) is 35.1 Å². The van der Waals surface area contributed by atoms with Gasteiger partial charge in [-0.25, -0.2) is 4.39 Å². The maximum atomic E-state index is 13.9. The number of alkyl halides is 3. The maximum Gasteiger partial charge on any atom is 0.419 e. The number of nitrogens with one attached hydrogen (secondary N) is 1. The second-order valence-corrected chi connectivity index (χ2v) is 6.17. The standard InChI is InChI=1S/C16H22F4N2.2ClH/c1-11(2)9-15(22-7-5-21-6-8-22)12-3-4-13(14(17)10-12)16(18,19)20;;/h3-4,10-11,15,21H,5-9H2,1-2H3;2*1H/t15-;;/m0../s1. The van der Waals surface area contributed by atoms with E-state index in [4.69, 9.17) is 0 Å². The first-order chi connectivity index (χ1) is 10.3. The summed E-state index contributed by atoms with van der Waals surface area (Å²) < 4.78 is 51.9. The maximum absolute atomic E-state index is 13.9. The van der Waals surface area contributed by atoms with Gasteiger partial charge in [0.25, 0.3) is 0 Å². The Balaban J connectivity index is 0.00000264. The van der Waals surface area contributed by atoms with Gasteiger partial charge in [-0.15, -0.1) is 24.8 Å². The molecular weight excluding hydrogens is 367 g/mol. The molecule has 1 aromatic rings. The molecule has 1 fully saturated rings. The largest absolute Gasteiger partial charge is 0.419 e. The van der Waals surface area contributed by atoms with Crippen molar-refractivity contribution >= 4 is 24.8 Å². The molecule has 1 atom stereocenters. The lowest BCUT2D eigenvalue weighted by atomic mass is 9.94. The molecule has 1 aliphatic heterocycles. The van der Waals surface area contributed by atoms with Crippen LogP contribution >= 0.6 is 24.8 Å². The van der Waals surface area contributed by atoms with E-state index in [0.29, 0.717) is 11.5 Å². The zero-order chi connectivity index (χ0) is 16.3. The fourth-order valence-electron chi connectivity index (χ4n) is 2.90. The van der Waals surface area contributed by atoms with E-state index in [1.54, 1.807) is 0 Å². The molecule has 0 unspecified atom stereocenters. The van der Waals surface area contributed by atoms with E-state index in [9.17, 15) is 17.6 Å². The van der Waals surface area contributed by atoms with Crippen molar-refractivity contribution in [3.8, 4) is 0 Å². The highest BCUT2D eigenvalue weighted by Gasteiger charge is 2.34. The van der Waals surface area contributed by atoms with E-state index in [-0.39, 0.29) is 30.9 Å². The van der Waals surface area contributed by atoms with Crippen LogP contribution in [0.25, 0.3) is 0 Å². The lowest BCUT2D eigenvalue weighted by Gasteiger charge is -2.36. The molecule has 2 rings (SSSR count). The third kappa shape index (κ3) is 6.06. The lowest BCUT2D eigenvalue weighted by molar-refractivity contribution is -0.140. The van der Waals surface area contributed by atoms with Crippen molar-refractivity contribution in [1.29, 1.82) is 0 Å². The molecule has 1 heterocycles. The van der Waals surface area contributed by atoms with Gasteiger partial charge >= 0.3 is 6.18 Å². The van der Waals surface area contributed by atoms with Crippen molar-refractivity contribution in [2.45, 2.75) is 32.5 Å². The minimum absolute atomic E-state index is 0. The Morgan fingerprint density at radius 3 is 2.17 bits per heavy atom. The van der Waals surface area contributed by atoms with Gasteiger partial charge in [-0.2, -0.15) is 13.2 Å². The minimum atomic E-state index is -4.65. The number of benzene rings is 1. The Kier molecular flexibility index (Phi) is 9.57. The number of hydrogen-bond acceptors (Lipinski definition) is 2. The topological polar surface area (TPSA) is 15.3 Å². The van der Waals surface area contributed by atoms with E-state index in [0.717, 1.165) is 44.7 Å². The summed E-state index contributed by atoms with van der Waals surface area (Å²) >= 11 is 0. The van der Waals surface area contributed by atoms with Crippen LogP contribution in [-0.2, 0) is 6.18 Å². The van der Waals surface area contributed by atoms with Crippen LogP contribution in [0, 0.1) is 11.7 Å². The van der Waals surface area contributed by atoms with E-state index in [1.807, 2.05) is 0 Å². The molecule has 2 nitrogen and oxygen atoms in total. The van der Waals surface area contributed by atoms with Crippen LogP contribution < -0.4 is 5.32 Å². The minimum Gasteiger partial charge on any atom is -0.314 e. The Labute approximate surface area is 152 Å². The molecule has 0 aliphatic carbocycles. The monoisotopic (exact) mass is 390 g/mol. The van der Waals surface area contributed by atoms with Crippen LogP contribution in [0.4, 0.5) is 17.6 Å². The normalized spacial score (nSPS) is 17.1. The predicted molar refractivity (Wildman–Crippen MR) is 92.5 cm³/mol. The highest BCUT2D eigenvalue weighted by Crippen LogP contribution is 2.34. The number of piperazine rings is 1. The van der Waals surface area contributed by atoms with Gasteiger partial charge in [-0.1, -0.05) is 19.9 Å². The Hall–Kier alpha value is -0.560. The molecule has 1 saturated heterocycles. The molecule has 1 aromatic carbocycles. The summed E-state index contributed by atoms with van der Waals surface area (Å²) in [6, 6.07) is 3.29. The van der Waals surface area contributed by atoms with Crippen molar-refractivity contribution in [3.63, 3.8) is 0 Å². The van der Waals surface area contributed by atoms with Crippen LogP contribution in [-0.4, -0.2) is 31.1 Å². The average molecular weight is 391 g/mol. The molecule has 140 valence electrons. The number of halogens is 6. The summed E-state index contributed by atoms with van der Waals surface area (Å²) in [7, 11) is 0. The van der Waals surface area contributed by atoms with Gasteiger partial charge in [-0.3, -0.25) is 4.90 Å². The highest BCUT2D eigenvalue weighted by atomic mass is 35.5. The van der Waals surface area contributed by atoms with Crippen LogP contribution in [0.2, 0.25) is 0 Å². The van der Waals surface area contributed by atoms with Crippen LogP contribution in [0.3, 0.4) is 0 Å². The first-order valence-electron chi connectivity index (χ1n) is 7.60. The zero-order valence-electron chi connectivity index (χ0n) is 13.7. The van der Waals surface area contributed by atoms with Gasteiger partial charge in [0.1, 0.15) is 5.82 Å². The van der Waals surface area contributed by atoms with Crippen LogP contribution in [0.5, 0.6) is 0 Å². The van der Waals surface area contributed by atoms with Gasteiger partial charge < -0.3 is 5.32 Å².